The van der Waals surface area contributed by atoms with E-state index in [0.29, 0.717) is 11.8 Å². The van der Waals surface area contributed by atoms with Crippen LogP contribution in [0.4, 0.5) is 0 Å². The molecule has 1 rings (SSSR count). The molecule has 0 aromatic carbocycles. The molecule has 0 bridgehead atoms. The third-order valence-electron chi connectivity index (χ3n) is 2.58. The molecule has 2 nitrogen and oxygen atoms in total. The van der Waals surface area contributed by atoms with Crippen molar-refractivity contribution in [3.8, 4) is 0 Å². The highest BCUT2D eigenvalue weighted by Crippen LogP contribution is 2.30. The second kappa shape index (κ2) is 3.35. The zero-order valence-electron chi connectivity index (χ0n) is 6.80. The van der Waals surface area contributed by atoms with Crippen molar-refractivity contribution in [3.63, 3.8) is 0 Å². The molecule has 0 aromatic rings. The van der Waals surface area contributed by atoms with Gasteiger partial charge in [0.25, 0.3) is 0 Å². The number of nitrogens with one attached hydrogen (secondary N) is 1. The van der Waals surface area contributed by atoms with Crippen LogP contribution in [0.1, 0.15) is 19.8 Å². The van der Waals surface area contributed by atoms with Crippen LogP contribution >= 0.6 is 0 Å². The van der Waals surface area contributed by atoms with Crippen LogP contribution in [0.25, 0.3) is 0 Å². The minimum Gasteiger partial charge on any atom is -0.393 e. The summed E-state index contributed by atoms with van der Waals surface area (Å²) in [6.07, 6.45) is 2.13. The fraction of sp³-hybridized carbons (Fsp3) is 1.00. The van der Waals surface area contributed by atoms with Gasteiger partial charge < -0.3 is 10.4 Å². The van der Waals surface area contributed by atoms with E-state index in [1.54, 1.807) is 0 Å². The van der Waals surface area contributed by atoms with E-state index in [1.165, 1.54) is 6.42 Å². The summed E-state index contributed by atoms with van der Waals surface area (Å²) in [5, 5.41) is 12.6. The van der Waals surface area contributed by atoms with Crippen molar-refractivity contribution < 1.29 is 5.11 Å². The molecule has 3 unspecified atom stereocenters. The lowest BCUT2D eigenvalue weighted by molar-refractivity contribution is 0.120. The second-order valence-electron chi connectivity index (χ2n) is 3.34. The monoisotopic (exact) mass is 143 g/mol. The Balaban J connectivity index is 2.38. The predicted octanol–water partition coefficient (Wildman–Crippen LogP) is 0.613. The SMILES string of the molecule is CNCC1C(C)CCC1O. The maximum absolute atomic E-state index is 9.45. The molecule has 2 N–H and O–H groups in total. The van der Waals surface area contributed by atoms with E-state index in [0.717, 1.165) is 13.0 Å². The summed E-state index contributed by atoms with van der Waals surface area (Å²) in [4.78, 5) is 0. The van der Waals surface area contributed by atoms with Gasteiger partial charge in [-0.1, -0.05) is 6.92 Å². The highest BCUT2D eigenvalue weighted by Gasteiger charge is 2.30. The average Bonchev–Trinajstić information content (AvgIpc) is 2.20. The van der Waals surface area contributed by atoms with Crippen molar-refractivity contribution >= 4 is 0 Å². The first-order valence-electron chi connectivity index (χ1n) is 4.08. The Kier molecular flexibility index (Phi) is 2.69. The first-order valence-corrected chi connectivity index (χ1v) is 4.08. The molecule has 1 fully saturated rings. The maximum Gasteiger partial charge on any atom is 0.0583 e. The predicted molar refractivity (Wildman–Crippen MR) is 41.8 cm³/mol. The van der Waals surface area contributed by atoms with Gasteiger partial charge in [-0.2, -0.15) is 0 Å². The lowest BCUT2D eigenvalue weighted by atomic mass is 9.97. The quantitative estimate of drug-likeness (QED) is 0.593. The lowest BCUT2D eigenvalue weighted by Gasteiger charge is -2.17. The van der Waals surface area contributed by atoms with Gasteiger partial charge in [0, 0.05) is 6.54 Å². The summed E-state index contributed by atoms with van der Waals surface area (Å²) in [5.74, 6) is 1.19. The molecule has 0 spiro atoms. The summed E-state index contributed by atoms with van der Waals surface area (Å²) < 4.78 is 0. The largest absolute Gasteiger partial charge is 0.393 e. The van der Waals surface area contributed by atoms with Crippen LogP contribution in [0.5, 0.6) is 0 Å². The van der Waals surface area contributed by atoms with Gasteiger partial charge in [0.2, 0.25) is 0 Å². The molecule has 60 valence electrons. The summed E-state index contributed by atoms with van der Waals surface area (Å²) in [6.45, 7) is 3.18. The third-order valence-corrected chi connectivity index (χ3v) is 2.58. The number of hydrogen-bond acceptors (Lipinski definition) is 2. The first kappa shape index (κ1) is 8.02. The number of rotatable bonds is 2. The van der Waals surface area contributed by atoms with Crippen molar-refractivity contribution in [2.75, 3.05) is 13.6 Å². The van der Waals surface area contributed by atoms with E-state index in [2.05, 4.69) is 12.2 Å². The zero-order valence-corrected chi connectivity index (χ0v) is 6.80. The summed E-state index contributed by atoms with van der Waals surface area (Å²) >= 11 is 0. The molecule has 1 aliphatic rings. The molecule has 0 aromatic heterocycles. The van der Waals surface area contributed by atoms with E-state index in [-0.39, 0.29) is 6.10 Å². The van der Waals surface area contributed by atoms with Crippen LogP contribution in [-0.2, 0) is 0 Å². The molecule has 1 saturated carbocycles. The van der Waals surface area contributed by atoms with E-state index >= 15 is 0 Å². The average molecular weight is 143 g/mol. The van der Waals surface area contributed by atoms with Gasteiger partial charge in [0.15, 0.2) is 0 Å². The van der Waals surface area contributed by atoms with Crippen molar-refractivity contribution in [2.45, 2.75) is 25.9 Å². The van der Waals surface area contributed by atoms with Crippen LogP contribution in [0.3, 0.4) is 0 Å². The van der Waals surface area contributed by atoms with Gasteiger partial charge in [0.05, 0.1) is 6.10 Å². The van der Waals surface area contributed by atoms with Crippen molar-refractivity contribution in [1.82, 2.24) is 5.32 Å². The standard InChI is InChI=1S/C8H17NO/c1-6-3-4-8(10)7(6)5-9-2/h6-10H,3-5H2,1-2H3. The smallest absolute Gasteiger partial charge is 0.0583 e. The molecule has 3 atom stereocenters. The number of hydrogen-bond donors (Lipinski definition) is 2. The molecular formula is C8H17NO. The van der Waals surface area contributed by atoms with Gasteiger partial charge in [-0.05, 0) is 31.7 Å². The van der Waals surface area contributed by atoms with E-state index in [1.807, 2.05) is 7.05 Å². The minimum atomic E-state index is -0.0533. The van der Waals surface area contributed by atoms with Gasteiger partial charge in [-0.25, -0.2) is 0 Å². The molecule has 2 heteroatoms. The Morgan fingerprint density at radius 3 is 2.60 bits per heavy atom. The van der Waals surface area contributed by atoms with Crippen LogP contribution in [0.2, 0.25) is 0 Å². The molecule has 0 radical (unpaired) electrons. The minimum absolute atomic E-state index is 0.0533. The topological polar surface area (TPSA) is 32.3 Å². The van der Waals surface area contributed by atoms with Crippen molar-refractivity contribution in [1.29, 1.82) is 0 Å². The van der Waals surface area contributed by atoms with E-state index in [4.69, 9.17) is 0 Å². The maximum atomic E-state index is 9.45. The Labute approximate surface area is 62.6 Å². The highest BCUT2D eigenvalue weighted by molar-refractivity contribution is 4.82. The fourth-order valence-electron chi connectivity index (χ4n) is 1.81. The Morgan fingerprint density at radius 2 is 2.20 bits per heavy atom. The molecule has 0 aliphatic heterocycles. The Hall–Kier alpha value is -0.0800. The van der Waals surface area contributed by atoms with Gasteiger partial charge in [0.1, 0.15) is 0 Å². The molecule has 10 heavy (non-hydrogen) atoms. The van der Waals surface area contributed by atoms with Crippen molar-refractivity contribution in [2.24, 2.45) is 11.8 Å². The number of aliphatic hydroxyl groups excluding tert-OH is 1. The third kappa shape index (κ3) is 1.50. The van der Waals surface area contributed by atoms with Gasteiger partial charge in [-0.3, -0.25) is 0 Å². The van der Waals surface area contributed by atoms with Crippen LogP contribution in [0.15, 0.2) is 0 Å². The molecule has 0 amide bonds. The molecule has 0 heterocycles. The number of aliphatic hydroxyl groups is 1. The summed E-state index contributed by atoms with van der Waals surface area (Å²) in [7, 11) is 1.94. The molecular weight excluding hydrogens is 126 g/mol. The molecule has 1 aliphatic carbocycles. The first-order chi connectivity index (χ1) is 4.75. The summed E-state index contributed by atoms with van der Waals surface area (Å²) in [6, 6.07) is 0. The molecule has 0 saturated heterocycles. The van der Waals surface area contributed by atoms with Gasteiger partial charge >= 0.3 is 0 Å². The van der Waals surface area contributed by atoms with Crippen LogP contribution in [0, 0.1) is 11.8 Å². The normalized spacial score (nSPS) is 40.5. The highest BCUT2D eigenvalue weighted by atomic mass is 16.3. The van der Waals surface area contributed by atoms with Gasteiger partial charge in [-0.15, -0.1) is 0 Å². The van der Waals surface area contributed by atoms with E-state index in [9.17, 15) is 5.11 Å². The fourth-order valence-corrected chi connectivity index (χ4v) is 1.81. The van der Waals surface area contributed by atoms with Crippen LogP contribution < -0.4 is 5.32 Å². The van der Waals surface area contributed by atoms with Crippen molar-refractivity contribution in [3.05, 3.63) is 0 Å². The second-order valence-corrected chi connectivity index (χ2v) is 3.34. The lowest BCUT2D eigenvalue weighted by Crippen LogP contribution is -2.28. The zero-order chi connectivity index (χ0) is 7.56. The summed E-state index contributed by atoms with van der Waals surface area (Å²) in [5.41, 5.74) is 0. The Bertz CT molecular complexity index is 95.4. The van der Waals surface area contributed by atoms with E-state index < -0.39 is 0 Å². The van der Waals surface area contributed by atoms with Crippen LogP contribution in [-0.4, -0.2) is 24.8 Å². The Morgan fingerprint density at radius 1 is 1.50 bits per heavy atom.